The molecule has 0 aliphatic heterocycles. The van der Waals surface area contributed by atoms with Crippen molar-refractivity contribution in [3.63, 3.8) is 0 Å². The molecule has 0 aliphatic carbocycles. The predicted molar refractivity (Wildman–Crippen MR) is 82.4 cm³/mol. The first-order valence-corrected chi connectivity index (χ1v) is 6.62. The van der Waals surface area contributed by atoms with Gasteiger partial charge in [-0.15, -0.1) is 0 Å². The lowest BCUT2D eigenvalue weighted by Crippen LogP contribution is -2.32. The maximum absolute atomic E-state index is 12.2. The van der Waals surface area contributed by atoms with Gasteiger partial charge < -0.3 is 10.3 Å². The number of aliphatic hydroxyl groups excluding tert-OH is 1. The number of rotatable bonds is 2. The van der Waals surface area contributed by atoms with Crippen molar-refractivity contribution in [2.45, 2.75) is 6.92 Å². The minimum atomic E-state index is 0.0847. The lowest BCUT2D eigenvalue weighted by Gasteiger charge is -2.07. The summed E-state index contributed by atoms with van der Waals surface area (Å²) >= 11 is 0. The normalized spacial score (nSPS) is 11.8. The van der Waals surface area contributed by atoms with Crippen LogP contribution in [0.1, 0.15) is 17.0 Å². The van der Waals surface area contributed by atoms with Crippen molar-refractivity contribution >= 4 is 22.9 Å². The van der Waals surface area contributed by atoms with Gasteiger partial charge in [-0.25, -0.2) is 4.98 Å². The molecule has 0 amide bonds. The molecule has 3 rings (SSSR count). The highest BCUT2D eigenvalue weighted by Gasteiger charge is 2.14. The number of aliphatic hydroxyl groups is 1. The van der Waals surface area contributed by atoms with Gasteiger partial charge in [0.1, 0.15) is 17.0 Å². The van der Waals surface area contributed by atoms with Crippen LogP contribution in [-0.2, 0) is 0 Å². The summed E-state index contributed by atoms with van der Waals surface area (Å²) in [5.41, 5.74) is 2.72. The van der Waals surface area contributed by atoms with Crippen molar-refractivity contribution < 1.29 is 9.84 Å². The highest BCUT2D eigenvalue weighted by atomic mass is 16.5. The molecule has 4 nitrogen and oxygen atoms in total. The molecule has 2 aromatic carbocycles. The molecule has 0 atom stereocenters. The molecule has 0 saturated heterocycles. The standard InChI is InChI=1S/C17H14N2O2/c1-12-15(11-17(20)13-7-3-2-4-8-13)18-14-9-5-6-10-16(14)19(12)21/h2-11,20H,1H3. The third-order valence-corrected chi connectivity index (χ3v) is 3.36. The van der Waals surface area contributed by atoms with Gasteiger partial charge >= 0.3 is 0 Å². The summed E-state index contributed by atoms with van der Waals surface area (Å²) in [6, 6.07) is 16.3. The second kappa shape index (κ2) is 5.25. The van der Waals surface area contributed by atoms with Gasteiger partial charge in [0, 0.05) is 24.6 Å². The Morgan fingerprint density at radius 2 is 1.76 bits per heavy atom. The van der Waals surface area contributed by atoms with Gasteiger partial charge in [0.2, 0.25) is 11.2 Å². The fourth-order valence-electron chi connectivity index (χ4n) is 2.18. The molecule has 0 radical (unpaired) electrons. The summed E-state index contributed by atoms with van der Waals surface area (Å²) in [5, 5.41) is 22.4. The Hall–Kier alpha value is -2.88. The monoisotopic (exact) mass is 278 g/mol. The van der Waals surface area contributed by atoms with Gasteiger partial charge in [-0.2, -0.15) is 4.73 Å². The zero-order valence-electron chi connectivity index (χ0n) is 11.5. The average Bonchev–Trinajstić information content (AvgIpc) is 2.53. The minimum absolute atomic E-state index is 0.0847. The van der Waals surface area contributed by atoms with Crippen LogP contribution in [0.25, 0.3) is 22.9 Å². The maximum atomic E-state index is 12.2. The molecule has 0 bridgehead atoms. The predicted octanol–water partition coefficient (Wildman–Crippen LogP) is 3.23. The van der Waals surface area contributed by atoms with E-state index in [0.29, 0.717) is 28.0 Å². The third-order valence-electron chi connectivity index (χ3n) is 3.36. The van der Waals surface area contributed by atoms with E-state index in [1.165, 1.54) is 6.08 Å². The number of aromatic nitrogens is 2. The number of nitrogens with zero attached hydrogens (tertiary/aromatic N) is 2. The van der Waals surface area contributed by atoms with Gasteiger partial charge in [0.15, 0.2) is 0 Å². The Labute approximate surface area is 122 Å². The fraction of sp³-hybridized carbons (Fsp3) is 0.0588. The van der Waals surface area contributed by atoms with E-state index in [-0.39, 0.29) is 5.76 Å². The van der Waals surface area contributed by atoms with Gasteiger partial charge in [-0.05, 0) is 6.07 Å². The summed E-state index contributed by atoms with van der Waals surface area (Å²) in [4.78, 5) is 4.44. The highest BCUT2D eigenvalue weighted by Crippen LogP contribution is 2.17. The Kier molecular flexibility index (Phi) is 3.28. The van der Waals surface area contributed by atoms with Crippen molar-refractivity contribution in [2.24, 2.45) is 0 Å². The number of fused-ring (bicyclic) bond motifs is 1. The van der Waals surface area contributed by atoms with Crippen LogP contribution >= 0.6 is 0 Å². The molecule has 0 spiro atoms. The lowest BCUT2D eigenvalue weighted by atomic mass is 10.1. The quantitative estimate of drug-likeness (QED) is 0.445. The lowest BCUT2D eigenvalue weighted by molar-refractivity contribution is -0.584. The molecule has 1 N–H and O–H groups in total. The topological polar surface area (TPSA) is 60.1 Å². The second-order valence-electron chi connectivity index (χ2n) is 4.76. The van der Waals surface area contributed by atoms with E-state index >= 15 is 0 Å². The number of hydrogen-bond acceptors (Lipinski definition) is 3. The van der Waals surface area contributed by atoms with Gasteiger partial charge in [-0.3, -0.25) is 0 Å². The summed E-state index contributed by atoms with van der Waals surface area (Å²) < 4.78 is 0.840. The smallest absolute Gasteiger partial charge is 0.242 e. The van der Waals surface area contributed by atoms with E-state index in [1.807, 2.05) is 24.3 Å². The molecule has 0 fully saturated rings. The first-order chi connectivity index (χ1) is 10.2. The van der Waals surface area contributed by atoms with E-state index in [1.54, 1.807) is 37.3 Å². The summed E-state index contributed by atoms with van der Waals surface area (Å²) in [5.74, 6) is 0.0847. The summed E-state index contributed by atoms with van der Waals surface area (Å²) in [7, 11) is 0. The van der Waals surface area contributed by atoms with Gasteiger partial charge in [0.05, 0.1) is 0 Å². The molecule has 0 unspecified atom stereocenters. The molecule has 0 saturated carbocycles. The largest absolute Gasteiger partial charge is 0.618 e. The molecule has 1 heterocycles. The summed E-state index contributed by atoms with van der Waals surface area (Å²) in [6.45, 7) is 1.69. The van der Waals surface area contributed by atoms with Gasteiger partial charge in [-0.1, -0.05) is 42.5 Å². The van der Waals surface area contributed by atoms with Gasteiger partial charge in [0.25, 0.3) is 0 Å². The van der Waals surface area contributed by atoms with E-state index in [0.717, 1.165) is 4.73 Å². The molecule has 0 aliphatic rings. The van der Waals surface area contributed by atoms with Crippen LogP contribution in [0.4, 0.5) is 0 Å². The minimum Gasteiger partial charge on any atom is -0.618 e. The zero-order valence-corrected chi connectivity index (χ0v) is 11.5. The Bertz CT molecular complexity index is 827. The first-order valence-electron chi connectivity index (χ1n) is 6.62. The molecule has 21 heavy (non-hydrogen) atoms. The van der Waals surface area contributed by atoms with E-state index in [4.69, 9.17) is 0 Å². The number of para-hydroxylation sites is 2. The van der Waals surface area contributed by atoms with E-state index in [9.17, 15) is 10.3 Å². The highest BCUT2D eigenvalue weighted by molar-refractivity contribution is 5.78. The average molecular weight is 278 g/mol. The number of hydrogen-bond donors (Lipinski definition) is 1. The van der Waals surface area contributed by atoms with Crippen LogP contribution in [0.15, 0.2) is 54.6 Å². The molecular formula is C17H14N2O2. The molecule has 4 heteroatoms. The van der Waals surface area contributed by atoms with Crippen molar-refractivity contribution in [2.75, 3.05) is 0 Å². The Balaban J connectivity index is 2.15. The van der Waals surface area contributed by atoms with Crippen LogP contribution < -0.4 is 4.73 Å². The third kappa shape index (κ3) is 2.43. The van der Waals surface area contributed by atoms with Crippen LogP contribution in [0.2, 0.25) is 0 Å². The second-order valence-corrected chi connectivity index (χ2v) is 4.76. The first kappa shape index (κ1) is 13.1. The summed E-state index contributed by atoms with van der Waals surface area (Å²) in [6.07, 6.45) is 1.52. The molecule has 1 aromatic heterocycles. The fourth-order valence-corrected chi connectivity index (χ4v) is 2.18. The molecule has 104 valence electrons. The van der Waals surface area contributed by atoms with Crippen molar-refractivity contribution in [3.05, 3.63) is 76.8 Å². The Morgan fingerprint density at radius 1 is 1.10 bits per heavy atom. The molecular weight excluding hydrogens is 264 g/mol. The SMILES string of the molecule is Cc1c(C=C(O)c2ccccc2)nc2ccccc2[n+]1[O-]. The van der Waals surface area contributed by atoms with Crippen LogP contribution in [0, 0.1) is 12.1 Å². The van der Waals surface area contributed by atoms with Crippen molar-refractivity contribution in [3.8, 4) is 0 Å². The van der Waals surface area contributed by atoms with E-state index in [2.05, 4.69) is 4.98 Å². The number of benzene rings is 2. The van der Waals surface area contributed by atoms with Crippen molar-refractivity contribution in [1.29, 1.82) is 0 Å². The van der Waals surface area contributed by atoms with Crippen LogP contribution in [0.5, 0.6) is 0 Å². The van der Waals surface area contributed by atoms with Crippen LogP contribution in [-0.4, -0.2) is 10.1 Å². The Morgan fingerprint density at radius 3 is 2.52 bits per heavy atom. The zero-order chi connectivity index (χ0) is 14.8. The van der Waals surface area contributed by atoms with Crippen molar-refractivity contribution in [1.82, 2.24) is 4.98 Å². The maximum Gasteiger partial charge on any atom is 0.242 e. The van der Waals surface area contributed by atoms with E-state index < -0.39 is 0 Å². The molecule has 3 aromatic rings. The van der Waals surface area contributed by atoms with Crippen LogP contribution in [0.3, 0.4) is 0 Å².